The number of rotatable bonds is 2. The van der Waals surface area contributed by atoms with Crippen LogP contribution in [0.25, 0.3) is 0 Å². The maximum atomic E-state index is 12.4. The third-order valence-electron chi connectivity index (χ3n) is 3.60. The smallest absolute Gasteiger partial charge is 0.326 e. The maximum absolute atomic E-state index is 12.4. The molecular formula is C14H17NO5. The first kappa shape index (κ1) is 14.2. The van der Waals surface area contributed by atoms with Crippen molar-refractivity contribution in [2.24, 2.45) is 5.92 Å². The summed E-state index contributed by atoms with van der Waals surface area (Å²) in [6.45, 7) is 2.16. The van der Waals surface area contributed by atoms with Gasteiger partial charge in [0.15, 0.2) is 0 Å². The second-order valence-electron chi connectivity index (χ2n) is 5.14. The molecule has 2 unspecified atom stereocenters. The number of aliphatic carboxylic acids is 1. The number of carbonyl (C=O) groups is 2. The normalized spacial score (nSPS) is 22.6. The molecule has 1 heterocycles. The van der Waals surface area contributed by atoms with Crippen molar-refractivity contribution in [2.75, 3.05) is 6.54 Å². The summed E-state index contributed by atoms with van der Waals surface area (Å²) in [5.41, 5.74) is 0.0860. The van der Waals surface area contributed by atoms with E-state index in [0.717, 1.165) is 18.9 Å². The molecule has 2 atom stereocenters. The number of hydrogen-bond donors (Lipinski definition) is 3. The van der Waals surface area contributed by atoms with Gasteiger partial charge in [0, 0.05) is 18.2 Å². The average Bonchev–Trinajstić information content (AvgIpc) is 2.35. The minimum atomic E-state index is -1.03. The molecule has 0 saturated carbocycles. The summed E-state index contributed by atoms with van der Waals surface area (Å²) in [6, 6.07) is 2.69. The number of carboxylic acids is 1. The molecule has 1 fully saturated rings. The molecule has 1 aromatic carbocycles. The minimum absolute atomic E-state index is 0.0860. The van der Waals surface area contributed by atoms with Crippen LogP contribution in [0, 0.1) is 5.92 Å². The molecule has 1 aromatic rings. The van der Waals surface area contributed by atoms with Crippen molar-refractivity contribution < 1.29 is 24.9 Å². The van der Waals surface area contributed by atoms with Crippen molar-refractivity contribution in [3.05, 3.63) is 23.8 Å². The highest BCUT2D eigenvalue weighted by Crippen LogP contribution is 2.27. The van der Waals surface area contributed by atoms with Crippen molar-refractivity contribution in [3.8, 4) is 11.5 Å². The third kappa shape index (κ3) is 2.68. The van der Waals surface area contributed by atoms with E-state index in [4.69, 9.17) is 0 Å². The highest BCUT2D eigenvalue weighted by atomic mass is 16.4. The molecule has 0 bridgehead atoms. The fourth-order valence-corrected chi connectivity index (χ4v) is 2.68. The Morgan fingerprint density at radius 3 is 2.35 bits per heavy atom. The van der Waals surface area contributed by atoms with Gasteiger partial charge in [-0.15, -0.1) is 0 Å². The van der Waals surface area contributed by atoms with E-state index in [9.17, 15) is 24.9 Å². The molecule has 1 aliphatic rings. The Kier molecular flexibility index (Phi) is 3.83. The van der Waals surface area contributed by atoms with Crippen LogP contribution in [0.3, 0.4) is 0 Å². The highest BCUT2D eigenvalue weighted by molar-refractivity contribution is 5.97. The van der Waals surface area contributed by atoms with Gasteiger partial charge in [0.2, 0.25) is 0 Å². The topological polar surface area (TPSA) is 98.1 Å². The Bertz CT molecular complexity index is 522. The van der Waals surface area contributed by atoms with Crippen LogP contribution < -0.4 is 0 Å². The standard InChI is InChI=1S/C14H17NO5/c1-8-3-2-4-15(12(8)14(19)20)13(18)9-5-10(16)7-11(17)6-9/h5-8,12,16-17H,2-4H2,1H3,(H,19,20). The number of phenolic OH excluding ortho intramolecular Hbond substituents is 2. The molecule has 0 aliphatic carbocycles. The summed E-state index contributed by atoms with van der Waals surface area (Å²) in [5, 5.41) is 28.1. The zero-order chi connectivity index (χ0) is 14.9. The van der Waals surface area contributed by atoms with Crippen LogP contribution >= 0.6 is 0 Å². The second-order valence-corrected chi connectivity index (χ2v) is 5.14. The van der Waals surface area contributed by atoms with Crippen LogP contribution in [-0.4, -0.2) is 44.7 Å². The van der Waals surface area contributed by atoms with Crippen molar-refractivity contribution in [1.29, 1.82) is 0 Å². The molecule has 6 nitrogen and oxygen atoms in total. The molecule has 3 N–H and O–H groups in total. The van der Waals surface area contributed by atoms with E-state index in [0.29, 0.717) is 6.54 Å². The first-order chi connectivity index (χ1) is 9.40. The fraction of sp³-hybridized carbons (Fsp3) is 0.429. The molecule has 1 amide bonds. The van der Waals surface area contributed by atoms with Gasteiger partial charge >= 0.3 is 5.97 Å². The molecule has 108 valence electrons. The lowest BCUT2D eigenvalue weighted by molar-refractivity contribution is -0.145. The lowest BCUT2D eigenvalue weighted by Crippen LogP contribution is -2.51. The summed E-state index contributed by atoms with van der Waals surface area (Å²) in [5.74, 6) is -2.11. The Labute approximate surface area is 116 Å². The molecule has 1 aliphatic heterocycles. The number of aromatic hydroxyl groups is 2. The van der Waals surface area contributed by atoms with Gasteiger partial charge in [0.05, 0.1) is 0 Å². The van der Waals surface area contributed by atoms with Crippen molar-refractivity contribution in [1.82, 2.24) is 4.90 Å². The van der Waals surface area contributed by atoms with Gasteiger partial charge in [0.25, 0.3) is 5.91 Å². The van der Waals surface area contributed by atoms with Crippen molar-refractivity contribution in [3.63, 3.8) is 0 Å². The molecule has 2 rings (SSSR count). The largest absolute Gasteiger partial charge is 0.508 e. The number of benzene rings is 1. The SMILES string of the molecule is CC1CCCN(C(=O)c2cc(O)cc(O)c2)C1C(=O)O. The van der Waals surface area contributed by atoms with Crippen LogP contribution in [0.5, 0.6) is 11.5 Å². The average molecular weight is 279 g/mol. The third-order valence-corrected chi connectivity index (χ3v) is 3.60. The van der Waals surface area contributed by atoms with Crippen LogP contribution in [0.15, 0.2) is 18.2 Å². The zero-order valence-electron chi connectivity index (χ0n) is 11.1. The second kappa shape index (κ2) is 5.40. The van der Waals surface area contributed by atoms with E-state index in [1.54, 1.807) is 6.92 Å². The number of amides is 1. The zero-order valence-corrected chi connectivity index (χ0v) is 11.1. The quantitative estimate of drug-likeness (QED) is 0.760. The highest BCUT2D eigenvalue weighted by Gasteiger charge is 2.37. The lowest BCUT2D eigenvalue weighted by Gasteiger charge is -2.37. The van der Waals surface area contributed by atoms with E-state index in [1.165, 1.54) is 17.0 Å². The van der Waals surface area contributed by atoms with Gasteiger partial charge in [-0.3, -0.25) is 4.79 Å². The number of hydrogen-bond acceptors (Lipinski definition) is 4. The maximum Gasteiger partial charge on any atom is 0.326 e. The number of piperidine rings is 1. The first-order valence-electron chi connectivity index (χ1n) is 6.47. The van der Waals surface area contributed by atoms with E-state index < -0.39 is 17.9 Å². The number of carbonyl (C=O) groups excluding carboxylic acids is 1. The molecular weight excluding hydrogens is 262 g/mol. The molecule has 0 radical (unpaired) electrons. The summed E-state index contributed by atoms with van der Waals surface area (Å²) in [4.78, 5) is 25.1. The number of carboxylic acid groups (broad SMARTS) is 1. The van der Waals surface area contributed by atoms with E-state index in [-0.39, 0.29) is 23.0 Å². The Hall–Kier alpha value is -2.24. The predicted octanol–water partition coefficient (Wildman–Crippen LogP) is 1.42. The fourth-order valence-electron chi connectivity index (χ4n) is 2.68. The Morgan fingerprint density at radius 2 is 1.80 bits per heavy atom. The first-order valence-corrected chi connectivity index (χ1v) is 6.47. The van der Waals surface area contributed by atoms with Gasteiger partial charge in [-0.2, -0.15) is 0 Å². The Morgan fingerprint density at radius 1 is 1.20 bits per heavy atom. The van der Waals surface area contributed by atoms with Crippen LogP contribution in [0.1, 0.15) is 30.1 Å². The molecule has 6 heteroatoms. The molecule has 0 spiro atoms. The van der Waals surface area contributed by atoms with E-state index in [2.05, 4.69) is 0 Å². The number of nitrogens with zero attached hydrogens (tertiary/aromatic N) is 1. The summed E-state index contributed by atoms with van der Waals surface area (Å²) >= 11 is 0. The van der Waals surface area contributed by atoms with Crippen molar-refractivity contribution >= 4 is 11.9 Å². The summed E-state index contributed by atoms with van der Waals surface area (Å²) in [6.07, 6.45) is 1.49. The monoisotopic (exact) mass is 279 g/mol. The van der Waals surface area contributed by atoms with Gasteiger partial charge in [-0.1, -0.05) is 6.92 Å². The van der Waals surface area contributed by atoms with Gasteiger partial charge in [0.1, 0.15) is 17.5 Å². The van der Waals surface area contributed by atoms with Crippen LogP contribution in [0.2, 0.25) is 0 Å². The van der Waals surface area contributed by atoms with E-state index in [1.807, 2.05) is 0 Å². The van der Waals surface area contributed by atoms with Crippen molar-refractivity contribution in [2.45, 2.75) is 25.8 Å². The number of phenols is 2. The summed E-state index contributed by atoms with van der Waals surface area (Å²) < 4.78 is 0. The lowest BCUT2D eigenvalue weighted by atomic mass is 9.90. The number of likely N-dealkylation sites (tertiary alicyclic amines) is 1. The minimum Gasteiger partial charge on any atom is -0.508 e. The van der Waals surface area contributed by atoms with Crippen LogP contribution in [-0.2, 0) is 4.79 Å². The molecule has 0 aromatic heterocycles. The van der Waals surface area contributed by atoms with Gasteiger partial charge < -0.3 is 20.2 Å². The van der Waals surface area contributed by atoms with Gasteiger partial charge in [-0.05, 0) is 30.9 Å². The molecule has 1 saturated heterocycles. The Balaban J connectivity index is 2.32. The summed E-state index contributed by atoms with van der Waals surface area (Å²) in [7, 11) is 0. The van der Waals surface area contributed by atoms with E-state index >= 15 is 0 Å². The van der Waals surface area contributed by atoms with Crippen LogP contribution in [0.4, 0.5) is 0 Å². The molecule has 20 heavy (non-hydrogen) atoms. The van der Waals surface area contributed by atoms with Gasteiger partial charge in [-0.25, -0.2) is 4.79 Å². The predicted molar refractivity (Wildman–Crippen MR) is 70.6 cm³/mol.